The Labute approximate surface area is 116 Å². The van der Waals surface area contributed by atoms with Crippen molar-refractivity contribution in [2.45, 2.75) is 6.92 Å². The number of rotatable bonds is 4. The largest absolute Gasteiger partial charge is 0.594 e. The van der Waals surface area contributed by atoms with Gasteiger partial charge in [-0.3, -0.25) is 0 Å². The van der Waals surface area contributed by atoms with Gasteiger partial charge in [-0.1, -0.05) is 16.5 Å². The van der Waals surface area contributed by atoms with Gasteiger partial charge < -0.3 is 9.94 Å². The molecular formula is C14H13ClN2O2. The van der Waals surface area contributed by atoms with Crippen LogP contribution < -0.4 is 4.74 Å². The van der Waals surface area contributed by atoms with E-state index in [1.165, 1.54) is 0 Å². The minimum atomic E-state index is 0.443. The highest BCUT2D eigenvalue weighted by molar-refractivity contribution is 6.30. The number of hydrogen-bond acceptors (Lipinski definition) is 3. The molecule has 19 heavy (non-hydrogen) atoms. The van der Waals surface area contributed by atoms with Gasteiger partial charge in [0.05, 0.1) is 6.61 Å². The van der Waals surface area contributed by atoms with Crippen LogP contribution in [0.15, 0.2) is 53.6 Å². The normalized spacial score (nSPS) is 11.4. The summed E-state index contributed by atoms with van der Waals surface area (Å²) in [5.74, 6) is 0.728. The summed E-state index contributed by atoms with van der Waals surface area (Å²) in [6.45, 7) is 2.50. The number of azo groups is 1. The maximum absolute atomic E-state index is 11.8. The molecule has 5 heteroatoms. The lowest BCUT2D eigenvalue weighted by molar-refractivity contribution is -0.435. The summed E-state index contributed by atoms with van der Waals surface area (Å²) in [6.07, 6.45) is 0. The van der Waals surface area contributed by atoms with E-state index in [2.05, 4.69) is 5.11 Å². The van der Waals surface area contributed by atoms with Gasteiger partial charge in [0, 0.05) is 22.3 Å². The number of benzene rings is 2. The fourth-order valence-electron chi connectivity index (χ4n) is 1.51. The van der Waals surface area contributed by atoms with Crippen LogP contribution in [0, 0.1) is 5.21 Å². The Morgan fingerprint density at radius 1 is 1.11 bits per heavy atom. The standard InChI is InChI=1S/C14H13ClN2O2/c1-2-19-14-9-7-13(8-10-14)17(18)16-12-5-3-11(15)4-6-12/h3-10H,2H2,1H3. The Hall–Kier alpha value is -2.07. The maximum Gasteiger partial charge on any atom is 0.245 e. The third-order valence-electron chi connectivity index (χ3n) is 2.40. The van der Waals surface area contributed by atoms with E-state index in [1.54, 1.807) is 48.5 Å². The quantitative estimate of drug-likeness (QED) is 0.463. The number of hydrogen-bond donors (Lipinski definition) is 0. The fourth-order valence-corrected chi connectivity index (χ4v) is 1.63. The number of nitrogens with zero attached hydrogens (tertiary/aromatic N) is 2. The van der Waals surface area contributed by atoms with Crippen molar-refractivity contribution in [3.8, 4) is 5.75 Å². The molecule has 0 saturated heterocycles. The Bertz CT molecular complexity index is 565. The molecule has 2 aromatic carbocycles. The lowest BCUT2D eigenvalue weighted by Crippen LogP contribution is -1.93. The second-order valence-corrected chi connectivity index (χ2v) is 4.21. The lowest BCUT2D eigenvalue weighted by atomic mass is 10.3. The summed E-state index contributed by atoms with van der Waals surface area (Å²) >= 11 is 5.77. The number of ether oxygens (including phenoxy) is 1. The van der Waals surface area contributed by atoms with Gasteiger partial charge in [0.25, 0.3) is 0 Å². The molecule has 4 nitrogen and oxygen atoms in total. The third-order valence-corrected chi connectivity index (χ3v) is 2.65. The van der Waals surface area contributed by atoms with Crippen LogP contribution in [-0.2, 0) is 0 Å². The molecule has 2 aromatic rings. The van der Waals surface area contributed by atoms with Gasteiger partial charge in [-0.25, -0.2) is 0 Å². The molecule has 0 aliphatic heterocycles. The average molecular weight is 277 g/mol. The van der Waals surface area contributed by atoms with Crippen molar-refractivity contribution in [1.29, 1.82) is 0 Å². The van der Waals surface area contributed by atoms with E-state index >= 15 is 0 Å². The summed E-state index contributed by atoms with van der Waals surface area (Å²) in [5.41, 5.74) is 0.992. The fraction of sp³-hybridized carbons (Fsp3) is 0.143. The van der Waals surface area contributed by atoms with Crippen LogP contribution in [0.1, 0.15) is 6.92 Å². The molecule has 0 atom stereocenters. The Kier molecular flexibility index (Phi) is 4.36. The van der Waals surface area contributed by atoms with E-state index in [0.29, 0.717) is 27.9 Å². The monoisotopic (exact) mass is 276 g/mol. The van der Waals surface area contributed by atoms with Gasteiger partial charge in [-0.2, -0.15) is 0 Å². The first-order valence-corrected chi connectivity index (χ1v) is 6.24. The first-order chi connectivity index (χ1) is 9.19. The molecule has 0 saturated carbocycles. The molecule has 0 aromatic heterocycles. The van der Waals surface area contributed by atoms with E-state index in [4.69, 9.17) is 16.3 Å². The van der Waals surface area contributed by atoms with Crippen molar-refractivity contribution in [3.05, 3.63) is 58.8 Å². The van der Waals surface area contributed by atoms with E-state index in [1.807, 2.05) is 6.92 Å². The molecule has 98 valence electrons. The summed E-state index contributed by atoms with van der Waals surface area (Å²) in [5, 5.41) is 16.4. The summed E-state index contributed by atoms with van der Waals surface area (Å²) < 4.78 is 5.31. The van der Waals surface area contributed by atoms with Crippen LogP contribution >= 0.6 is 11.6 Å². The highest BCUT2D eigenvalue weighted by Crippen LogP contribution is 2.21. The van der Waals surface area contributed by atoms with Gasteiger partial charge in [-0.15, -0.1) is 0 Å². The van der Waals surface area contributed by atoms with Gasteiger partial charge in [0.15, 0.2) is 0 Å². The van der Waals surface area contributed by atoms with E-state index in [9.17, 15) is 5.21 Å². The van der Waals surface area contributed by atoms with E-state index in [-0.39, 0.29) is 0 Å². The Morgan fingerprint density at radius 3 is 2.32 bits per heavy atom. The predicted octanol–water partition coefficient (Wildman–Crippen LogP) is 4.66. The SMILES string of the molecule is CCOc1ccc([N+]([O-])=Nc2ccc(Cl)cc2)cc1. The zero-order valence-electron chi connectivity index (χ0n) is 10.4. The van der Waals surface area contributed by atoms with Crippen molar-refractivity contribution in [2.24, 2.45) is 5.11 Å². The van der Waals surface area contributed by atoms with Crippen LogP contribution in [0.3, 0.4) is 0 Å². The van der Waals surface area contributed by atoms with Gasteiger partial charge in [0.1, 0.15) is 11.4 Å². The van der Waals surface area contributed by atoms with Crippen LogP contribution in [-0.4, -0.2) is 11.5 Å². The summed E-state index contributed by atoms with van der Waals surface area (Å²) in [7, 11) is 0. The molecule has 0 aliphatic carbocycles. The minimum absolute atomic E-state index is 0.443. The smallest absolute Gasteiger partial charge is 0.245 e. The molecule has 0 fully saturated rings. The minimum Gasteiger partial charge on any atom is -0.594 e. The molecule has 0 aliphatic rings. The van der Waals surface area contributed by atoms with Crippen LogP contribution in [0.2, 0.25) is 5.02 Å². The van der Waals surface area contributed by atoms with Crippen molar-refractivity contribution in [2.75, 3.05) is 6.61 Å². The molecule has 0 amide bonds. The van der Waals surface area contributed by atoms with Gasteiger partial charge >= 0.3 is 0 Å². The van der Waals surface area contributed by atoms with Crippen LogP contribution in [0.5, 0.6) is 5.75 Å². The van der Waals surface area contributed by atoms with Crippen molar-refractivity contribution < 1.29 is 9.60 Å². The number of halogens is 1. The summed E-state index contributed by atoms with van der Waals surface area (Å²) in [6, 6.07) is 13.5. The highest BCUT2D eigenvalue weighted by atomic mass is 35.5. The maximum atomic E-state index is 11.8. The average Bonchev–Trinajstić information content (AvgIpc) is 2.42. The summed E-state index contributed by atoms with van der Waals surface area (Å²) in [4.78, 5) is 0.568. The van der Waals surface area contributed by atoms with Crippen LogP contribution in [0.4, 0.5) is 11.4 Å². The highest BCUT2D eigenvalue weighted by Gasteiger charge is 2.04. The van der Waals surface area contributed by atoms with E-state index < -0.39 is 0 Å². The Morgan fingerprint density at radius 2 is 1.74 bits per heavy atom. The molecule has 0 unspecified atom stereocenters. The second kappa shape index (κ2) is 6.20. The first-order valence-electron chi connectivity index (χ1n) is 5.86. The van der Waals surface area contributed by atoms with Gasteiger partial charge in [0.2, 0.25) is 5.69 Å². The van der Waals surface area contributed by atoms with Crippen molar-refractivity contribution in [1.82, 2.24) is 0 Å². The molecule has 2 rings (SSSR count). The lowest BCUT2D eigenvalue weighted by Gasteiger charge is -2.03. The molecule has 0 bridgehead atoms. The molecular weight excluding hydrogens is 264 g/mol. The van der Waals surface area contributed by atoms with Crippen LogP contribution in [0.25, 0.3) is 0 Å². The Balaban J connectivity index is 2.18. The molecule has 0 heterocycles. The topological polar surface area (TPSA) is 47.7 Å². The van der Waals surface area contributed by atoms with Crippen molar-refractivity contribution in [3.63, 3.8) is 0 Å². The zero-order chi connectivity index (χ0) is 13.7. The molecule has 0 radical (unpaired) electrons. The predicted molar refractivity (Wildman–Crippen MR) is 74.4 cm³/mol. The first kappa shape index (κ1) is 13.4. The second-order valence-electron chi connectivity index (χ2n) is 3.78. The van der Waals surface area contributed by atoms with E-state index in [0.717, 1.165) is 5.75 Å². The molecule has 0 spiro atoms. The molecule has 0 N–H and O–H groups in total. The third kappa shape index (κ3) is 3.69. The van der Waals surface area contributed by atoms with Crippen molar-refractivity contribution >= 4 is 23.0 Å². The zero-order valence-corrected chi connectivity index (χ0v) is 11.2. The van der Waals surface area contributed by atoms with Gasteiger partial charge in [-0.05, 0) is 43.3 Å².